The Balaban J connectivity index is 3.37. The predicted molar refractivity (Wildman–Crippen MR) is 40.9 cm³/mol. The molecule has 0 aliphatic heterocycles. The number of aryl methyl sites for hydroxylation is 1. The number of hydrogen-bond donors (Lipinski definition) is 1. The maximum atomic E-state index is 12.9. The molecule has 0 radical (unpaired) electrons. The highest BCUT2D eigenvalue weighted by Gasteiger charge is 2.17. The average molecular weight is 186 g/mol. The van der Waals surface area contributed by atoms with E-state index in [9.17, 15) is 14.0 Å². The molecule has 0 saturated carbocycles. The van der Waals surface area contributed by atoms with Gasteiger partial charge in [-0.2, -0.15) is 4.39 Å². The molecular formula is C7H7FN2O3. The highest BCUT2D eigenvalue weighted by molar-refractivity contribution is 5.87. The number of aromatic amines is 1. The molecule has 0 amide bonds. The monoisotopic (exact) mass is 186 g/mol. The third-order valence-electron chi connectivity index (χ3n) is 1.36. The lowest BCUT2D eigenvalue weighted by atomic mass is 10.4. The van der Waals surface area contributed by atoms with E-state index in [0.29, 0.717) is 0 Å². The zero-order valence-corrected chi connectivity index (χ0v) is 7.05. The van der Waals surface area contributed by atoms with Gasteiger partial charge in [-0.25, -0.2) is 9.78 Å². The Labute approximate surface area is 72.6 Å². The second kappa shape index (κ2) is 3.34. The molecule has 70 valence electrons. The number of methoxy groups -OCH3 is 1. The molecule has 0 aliphatic carbocycles. The molecule has 6 heteroatoms. The molecule has 13 heavy (non-hydrogen) atoms. The first-order valence-electron chi connectivity index (χ1n) is 3.41. The highest BCUT2D eigenvalue weighted by Crippen LogP contribution is 1.99. The molecule has 1 aromatic rings. The lowest BCUT2D eigenvalue weighted by Gasteiger charge is -1.99. The Morgan fingerprint density at radius 1 is 1.62 bits per heavy atom. The Bertz CT molecular complexity index is 399. The number of halogens is 1. The van der Waals surface area contributed by atoms with Gasteiger partial charge in [-0.3, -0.25) is 4.79 Å². The number of aromatic nitrogens is 2. The Hall–Kier alpha value is -1.72. The molecule has 0 aliphatic rings. The largest absolute Gasteiger partial charge is 0.464 e. The molecule has 1 N–H and O–H groups in total. The molecule has 0 saturated heterocycles. The average Bonchev–Trinajstić information content (AvgIpc) is 2.10. The number of H-pyrrole nitrogens is 1. The van der Waals surface area contributed by atoms with Crippen molar-refractivity contribution in [3.05, 3.63) is 27.7 Å². The minimum atomic E-state index is -1.22. The normalized spacial score (nSPS) is 9.77. The van der Waals surface area contributed by atoms with E-state index in [1.54, 1.807) is 0 Å². The summed E-state index contributed by atoms with van der Waals surface area (Å²) in [7, 11) is 1.08. The van der Waals surface area contributed by atoms with Crippen LogP contribution in [0.1, 0.15) is 16.3 Å². The SMILES string of the molecule is COC(=O)c1nc(C)[nH]c(=O)c1F. The summed E-state index contributed by atoms with van der Waals surface area (Å²) in [6.45, 7) is 1.44. The Kier molecular flexibility index (Phi) is 2.41. The number of rotatable bonds is 1. The van der Waals surface area contributed by atoms with Crippen LogP contribution in [0.15, 0.2) is 4.79 Å². The van der Waals surface area contributed by atoms with E-state index in [1.807, 2.05) is 0 Å². The van der Waals surface area contributed by atoms with E-state index in [-0.39, 0.29) is 5.82 Å². The van der Waals surface area contributed by atoms with Crippen molar-refractivity contribution in [2.24, 2.45) is 0 Å². The van der Waals surface area contributed by atoms with Crippen molar-refractivity contribution in [3.8, 4) is 0 Å². The fourth-order valence-corrected chi connectivity index (χ4v) is 0.803. The standard InChI is InChI=1S/C7H7FN2O3/c1-3-9-5(7(12)13-2)4(8)6(11)10-3/h1-2H3,(H,9,10,11). The van der Waals surface area contributed by atoms with Crippen molar-refractivity contribution in [2.75, 3.05) is 7.11 Å². The minimum absolute atomic E-state index is 0.159. The van der Waals surface area contributed by atoms with Gasteiger partial charge in [0.2, 0.25) is 5.82 Å². The number of hydrogen-bond acceptors (Lipinski definition) is 4. The van der Waals surface area contributed by atoms with Crippen molar-refractivity contribution < 1.29 is 13.9 Å². The lowest BCUT2D eigenvalue weighted by molar-refractivity contribution is 0.0587. The molecule has 1 aromatic heterocycles. The van der Waals surface area contributed by atoms with Crippen molar-refractivity contribution >= 4 is 5.97 Å². The highest BCUT2D eigenvalue weighted by atomic mass is 19.1. The van der Waals surface area contributed by atoms with Crippen LogP contribution in [0.5, 0.6) is 0 Å². The van der Waals surface area contributed by atoms with Crippen molar-refractivity contribution in [1.29, 1.82) is 0 Å². The topological polar surface area (TPSA) is 72.0 Å². The van der Waals surface area contributed by atoms with Gasteiger partial charge in [0.25, 0.3) is 5.56 Å². The van der Waals surface area contributed by atoms with Gasteiger partial charge >= 0.3 is 5.97 Å². The third-order valence-corrected chi connectivity index (χ3v) is 1.36. The summed E-state index contributed by atoms with van der Waals surface area (Å²) in [5.74, 6) is -2.03. The van der Waals surface area contributed by atoms with Crippen LogP contribution in [-0.4, -0.2) is 23.0 Å². The third kappa shape index (κ3) is 1.71. The second-order valence-corrected chi connectivity index (χ2v) is 2.31. The van der Waals surface area contributed by atoms with Crippen molar-refractivity contribution in [2.45, 2.75) is 6.92 Å². The van der Waals surface area contributed by atoms with E-state index in [0.717, 1.165) is 7.11 Å². The zero-order chi connectivity index (χ0) is 10.0. The van der Waals surface area contributed by atoms with Crippen molar-refractivity contribution in [1.82, 2.24) is 9.97 Å². The van der Waals surface area contributed by atoms with Gasteiger partial charge in [0.05, 0.1) is 7.11 Å². The molecule has 5 nitrogen and oxygen atoms in total. The van der Waals surface area contributed by atoms with E-state index in [4.69, 9.17) is 0 Å². The summed E-state index contributed by atoms with van der Waals surface area (Å²) in [5.41, 5.74) is -1.57. The van der Waals surface area contributed by atoms with Crippen molar-refractivity contribution in [3.63, 3.8) is 0 Å². The summed E-state index contributed by atoms with van der Waals surface area (Å²) < 4.78 is 17.1. The summed E-state index contributed by atoms with van der Waals surface area (Å²) in [4.78, 5) is 27.3. The first-order valence-corrected chi connectivity index (χ1v) is 3.41. The number of nitrogens with one attached hydrogen (secondary N) is 1. The molecular weight excluding hydrogens is 179 g/mol. The predicted octanol–water partition coefficient (Wildman–Crippen LogP) is 0.00402. The first-order chi connectivity index (χ1) is 6.06. The maximum Gasteiger partial charge on any atom is 0.360 e. The van der Waals surface area contributed by atoms with Crippen LogP contribution in [-0.2, 0) is 4.74 Å². The van der Waals surface area contributed by atoms with Crippen LogP contribution in [0.3, 0.4) is 0 Å². The van der Waals surface area contributed by atoms with Crippen LogP contribution >= 0.6 is 0 Å². The number of carbonyl (C=O) groups excluding carboxylic acids is 1. The van der Waals surface area contributed by atoms with Gasteiger partial charge in [-0.1, -0.05) is 0 Å². The second-order valence-electron chi connectivity index (χ2n) is 2.31. The quantitative estimate of drug-likeness (QED) is 0.627. The van der Waals surface area contributed by atoms with Gasteiger partial charge in [0.1, 0.15) is 5.82 Å². The van der Waals surface area contributed by atoms with Gasteiger partial charge in [-0.05, 0) is 6.92 Å². The van der Waals surface area contributed by atoms with E-state index >= 15 is 0 Å². The zero-order valence-electron chi connectivity index (χ0n) is 7.05. The van der Waals surface area contributed by atoms with Gasteiger partial charge in [0.15, 0.2) is 5.69 Å². The maximum absolute atomic E-state index is 12.9. The summed E-state index contributed by atoms with van der Waals surface area (Å²) >= 11 is 0. The van der Waals surface area contributed by atoms with E-state index in [1.165, 1.54) is 6.92 Å². The first kappa shape index (κ1) is 9.37. The molecule has 0 fully saturated rings. The molecule has 0 atom stereocenters. The van der Waals surface area contributed by atoms with Gasteiger partial charge < -0.3 is 9.72 Å². The van der Waals surface area contributed by atoms with E-state index < -0.39 is 23.0 Å². The van der Waals surface area contributed by atoms with Gasteiger partial charge in [-0.15, -0.1) is 0 Å². The van der Waals surface area contributed by atoms with Crippen LogP contribution in [0.2, 0.25) is 0 Å². The minimum Gasteiger partial charge on any atom is -0.464 e. The molecule has 0 bridgehead atoms. The van der Waals surface area contributed by atoms with Gasteiger partial charge in [0, 0.05) is 0 Å². The fraction of sp³-hybridized carbons (Fsp3) is 0.286. The molecule has 0 spiro atoms. The summed E-state index contributed by atoms with van der Waals surface area (Å²) in [6.07, 6.45) is 0. The molecule has 0 unspecified atom stereocenters. The number of carbonyl (C=O) groups is 1. The van der Waals surface area contributed by atoms with E-state index in [2.05, 4.69) is 14.7 Å². The molecule has 0 aromatic carbocycles. The number of nitrogens with zero attached hydrogens (tertiary/aromatic N) is 1. The number of ether oxygens (including phenoxy) is 1. The molecule has 1 heterocycles. The number of esters is 1. The Morgan fingerprint density at radius 3 is 2.77 bits per heavy atom. The lowest BCUT2D eigenvalue weighted by Crippen LogP contribution is -2.21. The Morgan fingerprint density at radius 2 is 2.23 bits per heavy atom. The smallest absolute Gasteiger partial charge is 0.360 e. The fourth-order valence-electron chi connectivity index (χ4n) is 0.803. The van der Waals surface area contributed by atoms with Crippen LogP contribution in [0, 0.1) is 12.7 Å². The van der Waals surface area contributed by atoms with Crippen LogP contribution in [0.25, 0.3) is 0 Å². The molecule has 1 rings (SSSR count). The summed E-state index contributed by atoms with van der Waals surface area (Å²) in [5, 5.41) is 0. The summed E-state index contributed by atoms with van der Waals surface area (Å²) in [6, 6.07) is 0. The van der Waals surface area contributed by atoms with Crippen LogP contribution in [0.4, 0.5) is 4.39 Å². The van der Waals surface area contributed by atoms with Crippen LogP contribution < -0.4 is 5.56 Å².